The lowest BCUT2D eigenvalue weighted by molar-refractivity contribution is -0.122. The first-order valence-corrected chi connectivity index (χ1v) is 6.64. The molecule has 98 valence electrons. The summed E-state index contributed by atoms with van der Waals surface area (Å²) in [4.78, 5) is 11.5. The average molecular weight is 249 g/mol. The number of carbonyl (C=O) groups is 1. The third-order valence-electron chi connectivity index (χ3n) is 3.91. The van der Waals surface area contributed by atoms with Crippen molar-refractivity contribution in [1.29, 1.82) is 0 Å². The van der Waals surface area contributed by atoms with Crippen LogP contribution in [0.4, 0.5) is 0 Å². The summed E-state index contributed by atoms with van der Waals surface area (Å²) in [7, 11) is 0. The second-order valence-corrected chi connectivity index (χ2v) is 5.21. The van der Waals surface area contributed by atoms with Crippen molar-refractivity contribution in [2.45, 2.75) is 38.1 Å². The molecule has 2 fully saturated rings. The SMILES string of the molecule is Cc1cnn([C@H]2CCOC2)c1C1CCNC(=O)C1. The fourth-order valence-electron chi connectivity index (χ4n) is 2.99. The van der Waals surface area contributed by atoms with Crippen LogP contribution in [0.1, 0.15) is 42.5 Å². The van der Waals surface area contributed by atoms with Crippen LogP contribution >= 0.6 is 0 Å². The fourth-order valence-corrected chi connectivity index (χ4v) is 2.99. The first-order valence-electron chi connectivity index (χ1n) is 6.64. The van der Waals surface area contributed by atoms with E-state index >= 15 is 0 Å². The minimum Gasteiger partial charge on any atom is -0.379 e. The maximum atomic E-state index is 11.5. The first-order chi connectivity index (χ1) is 8.75. The second-order valence-electron chi connectivity index (χ2n) is 5.21. The Hall–Kier alpha value is -1.36. The van der Waals surface area contributed by atoms with E-state index in [4.69, 9.17) is 4.74 Å². The summed E-state index contributed by atoms with van der Waals surface area (Å²) in [5, 5.41) is 7.39. The third kappa shape index (κ3) is 2.03. The molecule has 0 spiro atoms. The van der Waals surface area contributed by atoms with Gasteiger partial charge in [0, 0.05) is 31.2 Å². The van der Waals surface area contributed by atoms with E-state index in [0.717, 1.165) is 32.6 Å². The van der Waals surface area contributed by atoms with Crippen LogP contribution in [0, 0.1) is 6.92 Å². The predicted octanol–water partition coefficient (Wildman–Crippen LogP) is 1.15. The zero-order valence-corrected chi connectivity index (χ0v) is 10.7. The Morgan fingerprint density at radius 1 is 1.50 bits per heavy atom. The smallest absolute Gasteiger partial charge is 0.220 e. The monoisotopic (exact) mass is 249 g/mol. The number of aryl methyl sites for hydroxylation is 1. The lowest BCUT2D eigenvalue weighted by Crippen LogP contribution is -2.34. The van der Waals surface area contributed by atoms with Crippen molar-refractivity contribution in [1.82, 2.24) is 15.1 Å². The maximum Gasteiger partial charge on any atom is 0.220 e. The zero-order valence-electron chi connectivity index (χ0n) is 10.7. The van der Waals surface area contributed by atoms with Crippen LogP contribution in [0.5, 0.6) is 0 Å². The van der Waals surface area contributed by atoms with E-state index < -0.39 is 0 Å². The van der Waals surface area contributed by atoms with Gasteiger partial charge in [0.1, 0.15) is 0 Å². The third-order valence-corrected chi connectivity index (χ3v) is 3.91. The van der Waals surface area contributed by atoms with E-state index in [2.05, 4.69) is 22.0 Å². The largest absolute Gasteiger partial charge is 0.379 e. The topological polar surface area (TPSA) is 56.1 Å². The zero-order chi connectivity index (χ0) is 12.5. The van der Waals surface area contributed by atoms with Crippen molar-refractivity contribution in [3.05, 3.63) is 17.5 Å². The van der Waals surface area contributed by atoms with Crippen LogP contribution in [-0.4, -0.2) is 35.4 Å². The van der Waals surface area contributed by atoms with E-state index in [9.17, 15) is 4.79 Å². The average Bonchev–Trinajstić information content (AvgIpc) is 2.97. The van der Waals surface area contributed by atoms with Gasteiger partial charge >= 0.3 is 0 Å². The number of piperidine rings is 1. The molecular formula is C13H19N3O2. The van der Waals surface area contributed by atoms with Gasteiger partial charge in [0.15, 0.2) is 0 Å². The molecule has 18 heavy (non-hydrogen) atoms. The number of nitrogens with one attached hydrogen (secondary N) is 1. The Kier molecular flexibility index (Phi) is 3.07. The van der Waals surface area contributed by atoms with Crippen molar-refractivity contribution in [2.24, 2.45) is 0 Å². The molecule has 5 heteroatoms. The summed E-state index contributed by atoms with van der Waals surface area (Å²) in [5.41, 5.74) is 2.43. The number of amides is 1. The number of rotatable bonds is 2. The van der Waals surface area contributed by atoms with Crippen molar-refractivity contribution < 1.29 is 9.53 Å². The van der Waals surface area contributed by atoms with E-state index in [1.165, 1.54) is 11.3 Å². The molecule has 3 heterocycles. The van der Waals surface area contributed by atoms with E-state index in [1.54, 1.807) is 0 Å². The molecule has 2 atom stereocenters. The molecule has 0 saturated carbocycles. The van der Waals surface area contributed by atoms with Crippen molar-refractivity contribution in [3.63, 3.8) is 0 Å². The van der Waals surface area contributed by atoms with Gasteiger partial charge in [-0.15, -0.1) is 0 Å². The molecule has 1 N–H and O–H groups in total. The number of carbonyl (C=O) groups excluding carboxylic acids is 1. The molecule has 1 aromatic rings. The van der Waals surface area contributed by atoms with Crippen LogP contribution in [0.2, 0.25) is 0 Å². The normalized spacial score (nSPS) is 28.4. The van der Waals surface area contributed by atoms with Gasteiger partial charge in [0.05, 0.1) is 18.8 Å². The Morgan fingerprint density at radius 3 is 3.11 bits per heavy atom. The first kappa shape index (κ1) is 11.7. The highest BCUT2D eigenvalue weighted by molar-refractivity contribution is 5.77. The van der Waals surface area contributed by atoms with Gasteiger partial charge in [-0.3, -0.25) is 9.48 Å². The maximum absolute atomic E-state index is 11.5. The molecule has 0 aromatic carbocycles. The summed E-state index contributed by atoms with van der Waals surface area (Å²) in [5.74, 6) is 0.461. The molecule has 2 aliphatic heterocycles. The number of ether oxygens (including phenoxy) is 1. The number of aromatic nitrogens is 2. The van der Waals surface area contributed by atoms with E-state index in [0.29, 0.717) is 18.4 Å². The lowest BCUT2D eigenvalue weighted by atomic mass is 9.91. The lowest BCUT2D eigenvalue weighted by Gasteiger charge is -2.25. The molecule has 5 nitrogen and oxygen atoms in total. The van der Waals surface area contributed by atoms with Crippen molar-refractivity contribution >= 4 is 5.91 Å². The van der Waals surface area contributed by atoms with Gasteiger partial charge in [-0.25, -0.2) is 0 Å². The summed E-state index contributed by atoms with van der Waals surface area (Å²) in [6, 6.07) is 0.346. The van der Waals surface area contributed by atoms with Gasteiger partial charge in [0.25, 0.3) is 0 Å². The van der Waals surface area contributed by atoms with Crippen LogP contribution in [0.15, 0.2) is 6.20 Å². The van der Waals surface area contributed by atoms with Crippen molar-refractivity contribution in [2.75, 3.05) is 19.8 Å². The standard InChI is InChI=1S/C13H19N3O2/c1-9-7-15-16(11-3-5-18-8-11)13(9)10-2-4-14-12(17)6-10/h7,10-11H,2-6,8H2,1H3,(H,14,17)/t10?,11-/m0/s1. The summed E-state index contributed by atoms with van der Waals surface area (Å²) < 4.78 is 7.55. The summed E-state index contributed by atoms with van der Waals surface area (Å²) in [6.07, 6.45) is 4.53. The summed E-state index contributed by atoms with van der Waals surface area (Å²) in [6.45, 7) is 4.41. The Labute approximate surface area is 107 Å². The van der Waals surface area contributed by atoms with Crippen LogP contribution in [-0.2, 0) is 9.53 Å². The highest BCUT2D eigenvalue weighted by atomic mass is 16.5. The van der Waals surface area contributed by atoms with E-state index in [-0.39, 0.29) is 5.91 Å². The van der Waals surface area contributed by atoms with Crippen LogP contribution in [0.3, 0.4) is 0 Å². The number of hydrogen-bond donors (Lipinski definition) is 1. The van der Waals surface area contributed by atoms with Crippen LogP contribution < -0.4 is 5.32 Å². The second kappa shape index (κ2) is 4.72. The summed E-state index contributed by atoms with van der Waals surface area (Å²) >= 11 is 0. The molecule has 1 amide bonds. The molecule has 3 rings (SSSR count). The minimum atomic E-state index is 0.154. The molecule has 0 bridgehead atoms. The Bertz CT molecular complexity index is 449. The fraction of sp³-hybridized carbons (Fsp3) is 0.692. The number of nitrogens with zero attached hydrogens (tertiary/aromatic N) is 2. The highest BCUT2D eigenvalue weighted by Gasteiger charge is 2.29. The quantitative estimate of drug-likeness (QED) is 0.855. The molecule has 1 unspecified atom stereocenters. The molecular weight excluding hydrogens is 230 g/mol. The van der Waals surface area contributed by atoms with Gasteiger partial charge in [0.2, 0.25) is 5.91 Å². The van der Waals surface area contributed by atoms with Gasteiger partial charge in [-0.1, -0.05) is 0 Å². The van der Waals surface area contributed by atoms with Gasteiger partial charge in [-0.2, -0.15) is 5.10 Å². The minimum absolute atomic E-state index is 0.154. The Balaban J connectivity index is 1.89. The van der Waals surface area contributed by atoms with Gasteiger partial charge < -0.3 is 10.1 Å². The van der Waals surface area contributed by atoms with Crippen molar-refractivity contribution in [3.8, 4) is 0 Å². The molecule has 2 aliphatic rings. The molecule has 2 saturated heterocycles. The Morgan fingerprint density at radius 2 is 2.39 bits per heavy atom. The van der Waals surface area contributed by atoms with Gasteiger partial charge in [-0.05, 0) is 25.3 Å². The predicted molar refractivity (Wildman–Crippen MR) is 66.4 cm³/mol. The highest BCUT2D eigenvalue weighted by Crippen LogP contribution is 2.31. The number of hydrogen-bond acceptors (Lipinski definition) is 3. The molecule has 0 aliphatic carbocycles. The van der Waals surface area contributed by atoms with E-state index in [1.807, 2.05) is 6.20 Å². The molecule has 1 aromatic heterocycles. The van der Waals surface area contributed by atoms with Crippen LogP contribution in [0.25, 0.3) is 0 Å². The molecule has 0 radical (unpaired) electrons.